The van der Waals surface area contributed by atoms with Crippen LogP contribution in [0.25, 0.3) is 27.7 Å². The predicted octanol–water partition coefficient (Wildman–Crippen LogP) is 7.00. The highest BCUT2D eigenvalue weighted by Gasteiger charge is 2.69. The van der Waals surface area contributed by atoms with Gasteiger partial charge in [0, 0.05) is 49.5 Å². The smallest absolute Gasteiger partial charge is 0.335 e. The van der Waals surface area contributed by atoms with E-state index in [0.717, 1.165) is 24.0 Å². The molecule has 3 aromatic carbocycles. The van der Waals surface area contributed by atoms with Gasteiger partial charge < -0.3 is 49.4 Å². The molecule has 336 valence electrons. The Labute approximate surface area is 382 Å². The average molecular weight is 917 g/mol. The monoisotopic (exact) mass is 916 g/mol. The minimum atomic E-state index is -2.56. The Morgan fingerprint density at radius 1 is 1.03 bits per heavy atom. The molecule has 5 aliphatic rings. The van der Waals surface area contributed by atoms with E-state index in [9.17, 15) is 34.8 Å². The van der Waals surface area contributed by atoms with Gasteiger partial charge in [0.25, 0.3) is 0 Å². The first-order chi connectivity index (χ1) is 31.6. The van der Waals surface area contributed by atoms with Crippen LogP contribution in [0.15, 0.2) is 119 Å². The van der Waals surface area contributed by atoms with Crippen molar-refractivity contribution in [1.82, 2.24) is 10.3 Å². The molecule has 2 saturated heterocycles. The van der Waals surface area contributed by atoms with Crippen molar-refractivity contribution in [2.24, 2.45) is 11.8 Å². The van der Waals surface area contributed by atoms with Crippen LogP contribution in [-0.2, 0) is 19.1 Å². The van der Waals surface area contributed by atoms with Gasteiger partial charge in [0.05, 0.1) is 10.9 Å². The van der Waals surface area contributed by atoms with Gasteiger partial charge in [0.1, 0.15) is 35.4 Å². The van der Waals surface area contributed by atoms with Crippen molar-refractivity contribution in [3.63, 3.8) is 0 Å². The maximum atomic E-state index is 13.6. The van der Waals surface area contributed by atoms with Crippen LogP contribution in [-0.4, -0.2) is 92.1 Å². The van der Waals surface area contributed by atoms with Crippen LogP contribution >= 0.6 is 21.6 Å². The van der Waals surface area contributed by atoms with Gasteiger partial charge in [-0.2, -0.15) is 0 Å². The minimum Gasteiger partial charge on any atom is -0.508 e. The largest absolute Gasteiger partial charge is 0.508 e. The van der Waals surface area contributed by atoms with Crippen LogP contribution < -0.4 is 15.5 Å². The van der Waals surface area contributed by atoms with E-state index in [1.807, 2.05) is 12.4 Å². The number of ether oxygens (including phenoxy) is 3. The molecule has 65 heavy (non-hydrogen) atoms. The molecule has 10 rings (SSSR count). The third kappa shape index (κ3) is 8.68. The van der Waals surface area contributed by atoms with Crippen LogP contribution in [0.3, 0.4) is 0 Å². The molecule has 0 amide bonds. The van der Waals surface area contributed by atoms with Crippen molar-refractivity contribution < 1.29 is 48.6 Å². The lowest BCUT2D eigenvalue weighted by molar-refractivity contribution is -0.340. The number of aromatic hydroxyl groups is 1. The summed E-state index contributed by atoms with van der Waals surface area (Å²) < 4.78 is 24.2. The number of carboxylic acids is 1. The standard InChI is InChI=1S/C50H48N2O11S2/c53-28-50-46(56)45(47(57)58)63-48(62-36-18-19-39-43(22-36)60-25-41(44(39)55)33-14-16-35(54)17-15-33)49(50,59)27-52-24-40(42(26-64-65-29-61-50)34-20-21-51-23-34)31-7-3-1-2-6-30-10-12-32(13-11-31)38-9-5-4-8-37(30)38/h4-5,8-10,12-23,25,28,30-31,40,42,45-46,48,51-52,54,56,59H,2,6-7,11,24,26-27,29H2,(H,57,58). The van der Waals surface area contributed by atoms with Gasteiger partial charge in [-0.3, -0.25) is 9.59 Å². The first kappa shape index (κ1) is 44.6. The number of allylic oxidation sites excluding steroid dienone is 4. The number of benzene rings is 3. The summed E-state index contributed by atoms with van der Waals surface area (Å²) in [4.78, 5) is 42.9. The molecular weight excluding hydrogens is 869 g/mol. The molecule has 4 heterocycles. The fraction of sp³-hybridized carbons (Fsp3) is 0.340. The summed E-state index contributed by atoms with van der Waals surface area (Å²) >= 11 is 0. The Morgan fingerprint density at radius 2 is 1.88 bits per heavy atom. The number of rotatable bonds is 7. The average Bonchev–Trinajstić information content (AvgIpc) is 3.84. The van der Waals surface area contributed by atoms with Crippen molar-refractivity contribution in [3.8, 4) is 34.5 Å². The number of fused-ring (bicyclic) bond motifs is 8. The number of aliphatic hydroxyl groups excluding tert-OH is 1. The number of carboxylic acid groups (broad SMARTS) is 1. The summed E-state index contributed by atoms with van der Waals surface area (Å²) in [6, 6.07) is 21.0. The van der Waals surface area contributed by atoms with E-state index in [-0.39, 0.29) is 63.4 Å². The third-order valence-electron chi connectivity index (χ3n) is 13.2. The van der Waals surface area contributed by atoms with Gasteiger partial charge in [-0.05, 0) is 95.3 Å². The number of nitrogens with one attached hydrogen (secondary N) is 2. The van der Waals surface area contributed by atoms with E-state index in [0.29, 0.717) is 36.6 Å². The van der Waals surface area contributed by atoms with Crippen molar-refractivity contribution in [3.05, 3.63) is 137 Å². The number of hydrogen-bond acceptors (Lipinski definition) is 13. The molecule has 2 aliphatic heterocycles. The maximum absolute atomic E-state index is 13.6. The molecule has 15 heteroatoms. The molecule has 0 spiro atoms. The zero-order chi connectivity index (χ0) is 45.1. The zero-order valence-corrected chi connectivity index (χ0v) is 36.8. The van der Waals surface area contributed by atoms with Gasteiger partial charge in [-0.15, -0.1) is 11.8 Å². The number of H-pyrrole nitrogens is 1. The summed E-state index contributed by atoms with van der Waals surface area (Å²) in [5.41, 5.74) is 0.210. The number of aldehydes is 1. The summed E-state index contributed by atoms with van der Waals surface area (Å²) in [6.45, 7) is -0.137. The van der Waals surface area contributed by atoms with Gasteiger partial charge in [0.15, 0.2) is 29.0 Å². The molecule has 13 nitrogen and oxygen atoms in total. The number of phenolic OH excluding ortho intramolecular Hbond substituents is 1. The number of aliphatic carboxylic acids is 1. The molecule has 2 bridgehead atoms. The second kappa shape index (κ2) is 19.1. The lowest BCUT2D eigenvalue weighted by atomic mass is 9.73. The van der Waals surface area contributed by atoms with Gasteiger partial charge in [-0.1, -0.05) is 76.2 Å². The van der Waals surface area contributed by atoms with Gasteiger partial charge >= 0.3 is 5.97 Å². The van der Waals surface area contributed by atoms with E-state index in [1.54, 1.807) is 12.1 Å². The zero-order valence-electron chi connectivity index (χ0n) is 35.1. The summed E-state index contributed by atoms with van der Waals surface area (Å²) in [7, 11) is 2.79. The molecule has 2 fully saturated rings. The normalized spacial score (nSPS) is 29.5. The van der Waals surface area contributed by atoms with Crippen LogP contribution in [0.1, 0.15) is 54.2 Å². The van der Waals surface area contributed by atoms with Crippen LogP contribution in [0.4, 0.5) is 0 Å². The van der Waals surface area contributed by atoms with Gasteiger partial charge in [-0.25, -0.2) is 4.79 Å². The van der Waals surface area contributed by atoms with Crippen molar-refractivity contribution in [2.75, 3.05) is 24.8 Å². The summed E-state index contributed by atoms with van der Waals surface area (Å²) in [5.74, 6) is 6.05. The van der Waals surface area contributed by atoms with Crippen LogP contribution in [0.5, 0.6) is 11.5 Å². The number of aromatic nitrogens is 1. The lowest BCUT2D eigenvalue weighted by Gasteiger charge is -2.53. The highest BCUT2D eigenvalue weighted by Crippen LogP contribution is 2.45. The van der Waals surface area contributed by atoms with E-state index < -0.39 is 42.2 Å². The number of hydrogen-bond donors (Lipinski definition) is 6. The first-order valence-corrected chi connectivity index (χ1v) is 24.0. The number of β-amino-alcohol motifs (C(OH)–C–C–N with tert-alkyl or cyclic N) is 1. The number of carbonyl (C=O) groups is 2. The lowest BCUT2D eigenvalue weighted by Crippen LogP contribution is -2.80. The number of aliphatic hydroxyl groups is 2. The molecule has 9 unspecified atom stereocenters. The summed E-state index contributed by atoms with van der Waals surface area (Å²) in [5, 5.41) is 48.4. The molecule has 6 N–H and O–H groups in total. The molecular formula is C50H48N2O11S2. The Hall–Kier alpha value is -5.57. The topological polar surface area (TPSA) is 201 Å². The highest BCUT2D eigenvalue weighted by molar-refractivity contribution is 8.76. The molecule has 2 aromatic heterocycles. The quantitative estimate of drug-likeness (QED) is 0.0554. The molecule has 9 atom stereocenters. The van der Waals surface area contributed by atoms with E-state index >= 15 is 0 Å². The van der Waals surface area contributed by atoms with Gasteiger partial charge in [0.2, 0.25) is 6.29 Å². The van der Waals surface area contributed by atoms with Crippen LogP contribution in [0, 0.1) is 23.7 Å². The SMILES string of the molecule is O=CC12OCSSCC(c3cc[nH]c3)C(C3CC#CCCC4C=CC(=CC3)c3ccccc34)CNCC1(O)C(Oc1ccc3c(=O)c(-c4ccc(O)cc4)coc3c1)OC(C(=O)O)C2O. The molecule has 5 aromatic rings. The first-order valence-electron chi connectivity index (χ1n) is 21.5. The number of aromatic amines is 1. The second-order valence-corrected chi connectivity index (χ2v) is 19.3. The highest BCUT2D eigenvalue weighted by atomic mass is 33.1. The Morgan fingerprint density at radius 3 is 2.68 bits per heavy atom. The van der Waals surface area contributed by atoms with Crippen molar-refractivity contribution in [1.29, 1.82) is 0 Å². The molecule has 0 radical (unpaired) electrons. The second-order valence-electron chi connectivity index (χ2n) is 16.8. The molecule has 0 saturated carbocycles. The van der Waals surface area contributed by atoms with E-state index in [1.165, 1.54) is 69.3 Å². The fourth-order valence-electron chi connectivity index (χ4n) is 9.60. The Balaban J connectivity index is 1.07. The number of phenols is 1. The minimum absolute atomic E-state index is 0.00252. The van der Waals surface area contributed by atoms with E-state index in [2.05, 4.69) is 70.7 Å². The Kier molecular flexibility index (Phi) is 13.1. The summed E-state index contributed by atoms with van der Waals surface area (Å²) in [6.07, 6.45) is 9.06. The van der Waals surface area contributed by atoms with Crippen molar-refractivity contribution >= 4 is 50.4 Å². The fourth-order valence-corrected chi connectivity index (χ4v) is 11.7. The van der Waals surface area contributed by atoms with Crippen molar-refractivity contribution in [2.45, 2.75) is 67.2 Å². The van der Waals surface area contributed by atoms with Crippen LogP contribution in [0.2, 0.25) is 0 Å². The maximum Gasteiger partial charge on any atom is 0.335 e. The Bertz CT molecular complexity index is 2730. The van der Waals surface area contributed by atoms with E-state index in [4.69, 9.17) is 18.6 Å². The number of carbonyl (C=O) groups excluding carboxylic acids is 1. The third-order valence-corrected chi connectivity index (χ3v) is 15.2. The molecule has 3 aliphatic carbocycles. The predicted molar refractivity (Wildman–Crippen MR) is 248 cm³/mol.